The minimum absolute atomic E-state index is 0.180. The molecule has 2 aromatic rings. The summed E-state index contributed by atoms with van der Waals surface area (Å²) < 4.78 is 11.2. The number of pyridine rings is 1. The van der Waals surface area contributed by atoms with Gasteiger partial charge in [-0.3, -0.25) is 4.90 Å². The number of aromatic nitrogens is 3. The Morgan fingerprint density at radius 3 is 2.90 bits per heavy atom. The molecular formula is C20H26N6O3S. The van der Waals surface area contributed by atoms with E-state index in [0.717, 1.165) is 55.6 Å². The largest absolute Gasteiger partial charge is 0.450 e. The quantitative estimate of drug-likeness (QED) is 0.725. The molecule has 3 aliphatic rings. The molecule has 160 valence electrons. The summed E-state index contributed by atoms with van der Waals surface area (Å²) in [7, 11) is 0. The third kappa shape index (κ3) is 3.63. The number of anilines is 1. The second-order valence-corrected chi connectivity index (χ2v) is 8.88. The summed E-state index contributed by atoms with van der Waals surface area (Å²) in [5.41, 5.74) is 2.62. The second-order valence-electron chi connectivity index (χ2n) is 8.05. The van der Waals surface area contributed by atoms with Gasteiger partial charge in [0.25, 0.3) is 0 Å². The average Bonchev–Trinajstić information content (AvgIpc) is 3.43. The lowest BCUT2D eigenvalue weighted by Crippen LogP contribution is -2.63. The summed E-state index contributed by atoms with van der Waals surface area (Å²) in [5.74, 6) is 0.983. The van der Waals surface area contributed by atoms with E-state index in [0.29, 0.717) is 25.7 Å². The standard InChI is InChI=1S/C20H26N6O3S/c1-2-28-19(27)26-12-20(13-26)10-15(11-29-20)24-6-8-25(9-7-24)17-16(4-3-5-21-17)18-23-22-14-30-18/h3-5,14-15H,2,6-13H2,1H3. The number of hydrogen-bond donors (Lipinski definition) is 0. The molecule has 5 rings (SSSR count). The van der Waals surface area contributed by atoms with E-state index in [9.17, 15) is 4.79 Å². The van der Waals surface area contributed by atoms with E-state index in [-0.39, 0.29) is 11.7 Å². The first-order chi connectivity index (χ1) is 14.7. The van der Waals surface area contributed by atoms with Crippen LogP contribution in [-0.2, 0) is 9.47 Å². The van der Waals surface area contributed by atoms with Crippen LogP contribution in [0.25, 0.3) is 10.6 Å². The molecule has 1 amide bonds. The van der Waals surface area contributed by atoms with Crippen molar-refractivity contribution in [2.24, 2.45) is 0 Å². The minimum Gasteiger partial charge on any atom is -0.450 e. The molecule has 10 heteroatoms. The third-order valence-electron chi connectivity index (χ3n) is 6.18. The average molecular weight is 431 g/mol. The highest BCUT2D eigenvalue weighted by Gasteiger charge is 2.52. The molecule has 1 atom stereocenters. The van der Waals surface area contributed by atoms with Gasteiger partial charge in [0.1, 0.15) is 16.9 Å². The SMILES string of the molecule is CCOC(=O)N1CC2(CC(N3CCN(c4ncccc4-c4nncs4)CC3)CO2)C1. The number of carbonyl (C=O) groups excluding carboxylic acids is 1. The van der Waals surface area contributed by atoms with Crippen molar-refractivity contribution in [3.8, 4) is 10.6 Å². The first-order valence-corrected chi connectivity index (χ1v) is 11.3. The highest BCUT2D eigenvalue weighted by Crippen LogP contribution is 2.38. The molecule has 0 aromatic carbocycles. The van der Waals surface area contributed by atoms with Crippen LogP contribution in [0.1, 0.15) is 13.3 Å². The Morgan fingerprint density at radius 2 is 2.17 bits per heavy atom. The molecule has 3 aliphatic heterocycles. The molecule has 0 bridgehead atoms. The van der Waals surface area contributed by atoms with Crippen LogP contribution in [0.2, 0.25) is 0 Å². The number of ether oxygens (including phenoxy) is 2. The van der Waals surface area contributed by atoms with E-state index < -0.39 is 0 Å². The first kappa shape index (κ1) is 19.7. The molecule has 5 heterocycles. The summed E-state index contributed by atoms with van der Waals surface area (Å²) in [5, 5.41) is 9.10. The molecule has 9 nitrogen and oxygen atoms in total. The van der Waals surface area contributed by atoms with Gasteiger partial charge in [-0.25, -0.2) is 9.78 Å². The zero-order valence-corrected chi connectivity index (χ0v) is 17.9. The molecule has 0 radical (unpaired) electrons. The van der Waals surface area contributed by atoms with Gasteiger partial charge in [-0.05, 0) is 25.5 Å². The van der Waals surface area contributed by atoms with Crippen molar-refractivity contribution in [2.75, 3.05) is 57.4 Å². The van der Waals surface area contributed by atoms with Gasteiger partial charge in [-0.15, -0.1) is 10.2 Å². The maximum atomic E-state index is 11.9. The number of amides is 1. The molecule has 1 unspecified atom stereocenters. The third-order valence-corrected chi connectivity index (χ3v) is 6.91. The maximum Gasteiger partial charge on any atom is 0.409 e. The minimum atomic E-state index is -0.231. The van der Waals surface area contributed by atoms with Crippen LogP contribution in [-0.4, -0.2) is 95.2 Å². The van der Waals surface area contributed by atoms with Gasteiger partial charge < -0.3 is 19.3 Å². The zero-order valence-electron chi connectivity index (χ0n) is 17.1. The zero-order chi connectivity index (χ0) is 20.6. The fraction of sp³-hybridized carbons (Fsp3) is 0.600. The normalized spacial score (nSPS) is 23.6. The van der Waals surface area contributed by atoms with Crippen LogP contribution in [0.4, 0.5) is 10.6 Å². The second kappa shape index (κ2) is 8.09. The first-order valence-electron chi connectivity index (χ1n) is 10.4. The van der Waals surface area contributed by atoms with Crippen LogP contribution < -0.4 is 4.90 Å². The Kier molecular flexibility index (Phi) is 5.30. The van der Waals surface area contributed by atoms with Gasteiger partial charge in [-0.2, -0.15) is 0 Å². The van der Waals surface area contributed by atoms with E-state index >= 15 is 0 Å². The topological polar surface area (TPSA) is 83.9 Å². The fourth-order valence-corrected chi connectivity index (χ4v) is 5.25. The molecule has 0 N–H and O–H groups in total. The molecule has 3 saturated heterocycles. The van der Waals surface area contributed by atoms with E-state index in [1.54, 1.807) is 10.4 Å². The number of carbonyl (C=O) groups is 1. The van der Waals surface area contributed by atoms with Crippen LogP contribution in [0, 0.1) is 0 Å². The Bertz CT molecular complexity index is 880. The molecule has 3 fully saturated rings. The van der Waals surface area contributed by atoms with Crippen molar-refractivity contribution >= 4 is 23.2 Å². The van der Waals surface area contributed by atoms with Crippen molar-refractivity contribution in [2.45, 2.75) is 25.0 Å². The number of likely N-dealkylation sites (tertiary alicyclic amines) is 1. The fourth-order valence-electron chi connectivity index (χ4n) is 4.67. The van der Waals surface area contributed by atoms with Gasteiger partial charge in [0.2, 0.25) is 0 Å². The van der Waals surface area contributed by atoms with Gasteiger partial charge in [0, 0.05) is 38.4 Å². The Hall–Kier alpha value is -2.30. The summed E-state index contributed by atoms with van der Waals surface area (Å²) >= 11 is 1.54. The Labute approximate surface area is 179 Å². The maximum absolute atomic E-state index is 11.9. The van der Waals surface area contributed by atoms with Gasteiger partial charge in [0.15, 0.2) is 5.01 Å². The molecule has 0 saturated carbocycles. The number of piperazine rings is 1. The monoisotopic (exact) mass is 430 g/mol. The molecule has 0 aliphatic carbocycles. The lowest BCUT2D eigenvalue weighted by molar-refractivity contribution is -0.101. The van der Waals surface area contributed by atoms with Crippen molar-refractivity contribution in [3.63, 3.8) is 0 Å². The highest BCUT2D eigenvalue weighted by molar-refractivity contribution is 7.12. The summed E-state index contributed by atoms with van der Waals surface area (Å²) in [6.07, 6.45) is 2.58. The van der Waals surface area contributed by atoms with Crippen molar-refractivity contribution in [1.29, 1.82) is 0 Å². The summed E-state index contributed by atoms with van der Waals surface area (Å²) in [6.45, 7) is 8.03. The molecule has 30 heavy (non-hydrogen) atoms. The van der Waals surface area contributed by atoms with Crippen molar-refractivity contribution in [1.82, 2.24) is 25.0 Å². The van der Waals surface area contributed by atoms with Crippen LogP contribution >= 0.6 is 11.3 Å². The van der Waals surface area contributed by atoms with Crippen LogP contribution in [0.5, 0.6) is 0 Å². The molecule has 2 aromatic heterocycles. The smallest absolute Gasteiger partial charge is 0.409 e. The van der Waals surface area contributed by atoms with E-state index in [4.69, 9.17) is 9.47 Å². The van der Waals surface area contributed by atoms with Crippen LogP contribution in [0.15, 0.2) is 23.8 Å². The Balaban J connectivity index is 1.17. The van der Waals surface area contributed by atoms with E-state index in [2.05, 4.69) is 31.0 Å². The Morgan fingerprint density at radius 1 is 1.33 bits per heavy atom. The molecule has 1 spiro atoms. The van der Waals surface area contributed by atoms with Gasteiger partial charge in [-0.1, -0.05) is 11.3 Å². The summed E-state index contributed by atoms with van der Waals surface area (Å²) in [6, 6.07) is 4.42. The van der Waals surface area contributed by atoms with Crippen molar-refractivity contribution < 1.29 is 14.3 Å². The predicted octanol–water partition coefficient (Wildman–Crippen LogP) is 1.72. The number of nitrogens with zero attached hydrogens (tertiary/aromatic N) is 6. The van der Waals surface area contributed by atoms with Crippen molar-refractivity contribution in [3.05, 3.63) is 23.8 Å². The van der Waals surface area contributed by atoms with Gasteiger partial charge >= 0.3 is 6.09 Å². The number of hydrogen-bond acceptors (Lipinski definition) is 9. The number of rotatable bonds is 4. The lowest BCUT2D eigenvalue weighted by Gasteiger charge is -2.46. The highest BCUT2D eigenvalue weighted by atomic mass is 32.1. The van der Waals surface area contributed by atoms with E-state index in [1.165, 1.54) is 11.3 Å². The van der Waals surface area contributed by atoms with Crippen LogP contribution in [0.3, 0.4) is 0 Å². The predicted molar refractivity (Wildman–Crippen MR) is 113 cm³/mol. The summed E-state index contributed by atoms with van der Waals surface area (Å²) in [4.78, 5) is 23.1. The lowest BCUT2D eigenvalue weighted by atomic mass is 9.89. The van der Waals surface area contributed by atoms with Gasteiger partial charge in [0.05, 0.1) is 31.9 Å². The molecular weight excluding hydrogens is 404 g/mol. The van der Waals surface area contributed by atoms with E-state index in [1.807, 2.05) is 19.2 Å².